The molecule has 0 aromatic heterocycles. The van der Waals surface area contributed by atoms with E-state index < -0.39 is 9.04 Å². The average molecular weight is 239 g/mol. The third kappa shape index (κ3) is 3.16. The highest BCUT2D eigenvalue weighted by Gasteiger charge is 2.11. The summed E-state index contributed by atoms with van der Waals surface area (Å²) in [5.74, 6) is 0. The van der Waals surface area contributed by atoms with Gasteiger partial charge in [-0.15, -0.1) is 0 Å². The van der Waals surface area contributed by atoms with Gasteiger partial charge in [0.1, 0.15) is 0 Å². The summed E-state index contributed by atoms with van der Waals surface area (Å²) in [5, 5.41) is 1.05. The lowest BCUT2D eigenvalue weighted by Gasteiger charge is -2.08. The molecule has 1 N–H and O–H groups in total. The quantitative estimate of drug-likeness (QED) is 0.812. The first-order valence-electron chi connectivity index (χ1n) is 5.61. The highest BCUT2D eigenvalue weighted by atomic mass is 28.3. The minimum Gasteiger partial charge on any atom is -0.427 e. The zero-order valence-corrected chi connectivity index (χ0v) is 10.6. The van der Waals surface area contributed by atoms with Crippen molar-refractivity contribution < 1.29 is 4.80 Å². The van der Waals surface area contributed by atoms with Crippen molar-refractivity contribution in [2.75, 3.05) is 0 Å². The van der Waals surface area contributed by atoms with Gasteiger partial charge in [0.15, 0.2) is 0 Å². The zero-order valence-electron chi connectivity index (χ0n) is 9.63. The van der Waals surface area contributed by atoms with Gasteiger partial charge in [0.05, 0.1) is 0 Å². The third-order valence-corrected chi connectivity index (χ3v) is 4.44. The Bertz CT molecular complexity index is 476. The van der Waals surface area contributed by atoms with Crippen molar-refractivity contribution >= 4 is 20.3 Å². The number of hydrogen-bond donors (Lipinski definition) is 1. The molecular formula is C15H15OSi. The van der Waals surface area contributed by atoms with E-state index in [1.807, 2.05) is 48.5 Å². The van der Waals surface area contributed by atoms with Crippen molar-refractivity contribution in [3.05, 3.63) is 72.3 Å². The van der Waals surface area contributed by atoms with Crippen LogP contribution in [0.15, 0.2) is 61.2 Å². The normalized spacial score (nSPS) is 10.5. The summed E-state index contributed by atoms with van der Waals surface area (Å²) in [7, 11) is -1.48. The van der Waals surface area contributed by atoms with Crippen LogP contribution in [-0.2, 0) is 6.04 Å². The smallest absolute Gasteiger partial charge is 0.247 e. The lowest BCUT2D eigenvalue weighted by molar-refractivity contribution is 0.584. The van der Waals surface area contributed by atoms with E-state index in [1.165, 1.54) is 5.56 Å². The van der Waals surface area contributed by atoms with Crippen molar-refractivity contribution in [3.63, 3.8) is 0 Å². The molecule has 2 heteroatoms. The van der Waals surface area contributed by atoms with Crippen LogP contribution in [0.4, 0.5) is 0 Å². The van der Waals surface area contributed by atoms with Gasteiger partial charge >= 0.3 is 0 Å². The summed E-state index contributed by atoms with van der Waals surface area (Å²) in [6.07, 6.45) is 1.81. The molecule has 0 bridgehead atoms. The second-order valence-electron chi connectivity index (χ2n) is 3.94. The molecule has 0 aliphatic rings. The Hall–Kier alpha value is -1.64. The Morgan fingerprint density at radius 2 is 1.65 bits per heavy atom. The van der Waals surface area contributed by atoms with E-state index >= 15 is 0 Å². The van der Waals surface area contributed by atoms with Crippen LogP contribution in [0.25, 0.3) is 6.08 Å². The van der Waals surface area contributed by atoms with Gasteiger partial charge in [-0.3, -0.25) is 0 Å². The SMILES string of the molecule is C=Cc1ccc([Si](O)Cc2ccccc2)cc1. The predicted octanol–water partition coefficient (Wildman–Crippen LogP) is 2.30. The van der Waals surface area contributed by atoms with Crippen molar-refractivity contribution in [1.29, 1.82) is 0 Å². The summed E-state index contributed by atoms with van der Waals surface area (Å²) >= 11 is 0. The fraction of sp³-hybridized carbons (Fsp3) is 0.0667. The number of benzene rings is 2. The van der Waals surface area contributed by atoms with E-state index in [-0.39, 0.29) is 0 Å². The second kappa shape index (κ2) is 5.62. The van der Waals surface area contributed by atoms with Crippen LogP contribution in [0.3, 0.4) is 0 Å². The molecule has 0 aliphatic heterocycles. The first-order valence-corrected chi connectivity index (χ1v) is 7.26. The van der Waals surface area contributed by atoms with Crippen LogP contribution < -0.4 is 5.19 Å². The summed E-state index contributed by atoms with van der Waals surface area (Å²) in [6, 6.07) is 18.8. The van der Waals surface area contributed by atoms with Gasteiger partial charge in [0.2, 0.25) is 9.04 Å². The Balaban J connectivity index is 2.09. The molecule has 0 saturated heterocycles. The minimum atomic E-state index is -1.48. The van der Waals surface area contributed by atoms with Crippen LogP contribution >= 0.6 is 0 Å². The van der Waals surface area contributed by atoms with Crippen molar-refractivity contribution in [2.24, 2.45) is 0 Å². The highest BCUT2D eigenvalue weighted by Crippen LogP contribution is 2.03. The third-order valence-electron chi connectivity index (χ3n) is 2.69. The van der Waals surface area contributed by atoms with E-state index in [2.05, 4.69) is 18.7 Å². The molecule has 1 nitrogen and oxygen atoms in total. The second-order valence-corrected chi connectivity index (χ2v) is 5.76. The monoisotopic (exact) mass is 239 g/mol. The maximum Gasteiger partial charge on any atom is 0.247 e. The Morgan fingerprint density at radius 1 is 1.00 bits per heavy atom. The minimum absolute atomic E-state index is 0.749. The molecule has 0 saturated carbocycles. The fourth-order valence-corrected chi connectivity index (χ4v) is 3.08. The summed E-state index contributed by atoms with van der Waals surface area (Å²) in [6.45, 7) is 3.72. The molecule has 2 aromatic carbocycles. The summed E-state index contributed by atoms with van der Waals surface area (Å²) < 4.78 is 0. The molecule has 85 valence electrons. The first-order chi connectivity index (χ1) is 8.29. The van der Waals surface area contributed by atoms with Gasteiger partial charge in [-0.25, -0.2) is 0 Å². The van der Waals surface area contributed by atoms with E-state index in [1.54, 1.807) is 0 Å². The molecule has 0 unspecified atom stereocenters. The number of hydrogen-bond acceptors (Lipinski definition) is 1. The van der Waals surface area contributed by atoms with Crippen LogP contribution in [0.2, 0.25) is 0 Å². The van der Waals surface area contributed by atoms with Gasteiger partial charge in [-0.05, 0) is 22.4 Å². The topological polar surface area (TPSA) is 20.2 Å². The molecule has 17 heavy (non-hydrogen) atoms. The molecule has 2 aromatic rings. The van der Waals surface area contributed by atoms with Gasteiger partial charge < -0.3 is 4.80 Å². The van der Waals surface area contributed by atoms with E-state index in [9.17, 15) is 4.80 Å². The van der Waals surface area contributed by atoms with E-state index in [0.717, 1.165) is 16.8 Å². The molecule has 0 atom stereocenters. The summed E-state index contributed by atoms with van der Waals surface area (Å²) in [4.78, 5) is 10.2. The van der Waals surface area contributed by atoms with Gasteiger partial charge in [-0.2, -0.15) is 0 Å². The molecule has 1 radical (unpaired) electrons. The molecular weight excluding hydrogens is 224 g/mol. The molecule has 0 aliphatic carbocycles. The molecule has 0 fully saturated rings. The molecule has 0 amide bonds. The standard InChI is InChI=1S/C15H15OSi/c1-2-13-8-10-15(11-9-13)17(16)12-14-6-4-3-5-7-14/h2-11,16H,1,12H2. The Morgan fingerprint density at radius 3 is 2.24 bits per heavy atom. The van der Waals surface area contributed by atoms with Gasteiger partial charge in [-0.1, -0.05) is 67.3 Å². The van der Waals surface area contributed by atoms with E-state index in [0.29, 0.717) is 0 Å². The predicted molar refractivity (Wildman–Crippen MR) is 74.3 cm³/mol. The van der Waals surface area contributed by atoms with E-state index in [4.69, 9.17) is 0 Å². The maximum atomic E-state index is 10.2. The van der Waals surface area contributed by atoms with Crippen molar-refractivity contribution in [1.82, 2.24) is 0 Å². The van der Waals surface area contributed by atoms with Crippen molar-refractivity contribution in [2.45, 2.75) is 6.04 Å². The van der Waals surface area contributed by atoms with Gasteiger partial charge in [0, 0.05) is 0 Å². The summed E-state index contributed by atoms with van der Waals surface area (Å²) in [5.41, 5.74) is 2.28. The van der Waals surface area contributed by atoms with Crippen LogP contribution in [0.1, 0.15) is 11.1 Å². The van der Waals surface area contributed by atoms with Crippen LogP contribution in [0, 0.1) is 0 Å². The van der Waals surface area contributed by atoms with Crippen LogP contribution in [0.5, 0.6) is 0 Å². The molecule has 0 spiro atoms. The average Bonchev–Trinajstić information content (AvgIpc) is 2.40. The van der Waals surface area contributed by atoms with Gasteiger partial charge in [0.25, 0.3) is 0 Å². The Labute approximate surface area is 104 Å². The lowest BCUT2D eigenvalue weighted by atomic mass is 10.2. The number of rotatable bonds is 4. The fourth-order valence-electron chi connectivity index (χ4n) is 1.70. The largest absolute Gasteiger partial charge is 0.427 e. The lowest BCUT2D eigenvalue weighted by Crippen LogP contribution is -2.32. The molecule has 2 rings (SSSR count). The Kier molecular flexibility index (Phi) is 3.91. The van der Waals surface area contributed by atoms with Crippen LogP contribution in [-0.4, -0.2) is 13.8 Å². The molecule has 0 heterocycles. The highest BCUT2D eigenvalue weighted by molar-refractivity contribution is 6.65. The first kappa shape index (κ1) is 11.8. The maximum absolute atomic E-state index is 10.2. The van der Waals surface area contributed by atoms with Crippen molar-refractivity contribution in [3.8, 4) is 0 Å². The zero-order chi connectivity index (χ0) is 12.1.